The van der Waals surface area contributed by atoms with Gasteiger partial charge in [0.05, 0.1) is 26.2 Å². The summed E-state index contributed by atoms with van der Waals surface area (Å²) >= 11 is 0. The molecule has 0 radical (unpaired) electrons. The molecule has 1 saturated heterocycles. The smallest absolute Gasteiger partial charge is 0.260 e. The van der Waals surface area contributed by atoms with Crippen molar-refractivity contribution in [2.24, 2.45) is 0 Å². The van der Waals surface area contributed by atoms with Crippen LogP contribution in [0.25, 0.3) is 0 Å². The molecule has 0 atom stereocenters. The number of hydrogen-bond donors (Lipinski definition) is 1. The number of hydrogen-bond acceptors (Lipinski definition) is 2. The van der Waals surface area contributed by atoms with Gasteiger partial charge in [0.2, 0.25) is 0 Å². The second-order valence-electron chi connectivity index (χ2n) is 6.40. The van der Waals surface area contributed by atoms with Gasteiger partial charge in [0.25, 0.3) is 5.91 Å². The zero-order valence-corrected chi connectivity index (χ0v) is 14.2. The molecule has 0 aromatic heterocycles. The summed E-state index contributed by atoms with van der Waals surface area (Å²) in [5.41, 5.74) is 2.68. The molecule has 1 aliphatic heterocycles. The molecule has 1 heterocycles. The highest BCUT2D eigenvalue weighted by Gasteiger charge is 2.23. The number of benzene rings is 2. The Labute approximate surface area is 143 Å². The standard InChI is InChI=1S/C20H24N2O2/c1-17-6-5-7-18(14-17)15-21-10-12-22(13-11-21)20(23)16-24-19-8-3-2-4-9-19/h2-9,14H,10-13,15-16H2,1H3/p+1. The van der Waals surface area contributed by atoms with Gasteiger partial charge in [-0.2, -0.15) is 0 Å². The summed E-state index contributed by atoms with van der Waals surface area (Å²) in [6.45, 7) is 6.87. The highest BCUT2D eigenvalue weighted by molar-refractivity contribution is 5.77. The van der Waals surface area contributed by atoms with Crippen LogP contribution in [0.5, 0.6) is 5.75 Å². The number of aryl methyl sites for hydroxylation is 1. The van der Waals surface area contributed by atoms with Crippen molar-refractivity contribution in [3.63, 3.8) is 0 Å². The molecule has 0 bridgehead atoms. The quantitative estimate of drug-likeness (QED) is 0.899. The number of rotatable bonds is 5. The van der Waals surface area contributed by atoms with Crippen LogP contribution in [-0.2, 0) is 11.3 Å². The number of para-hydroxylation sites is 1. The third kappa shape index (κ3) is 4.59. The molecule has 1 N–H and O–H groups in total. The maximum atomic E-state index is 12.3. The molecule has 0 saturated carbocycles. The first-order chi connectivity index (χ1) is 11.7. The first kappa shape index (κ1) is 16.5. The minimum absolute atomic E-state index is 0.0773. The summed E-state index contributed by atoms with van der Waals surface area (Å²) in [5, 5.41) is 0. The Morgan fingerprint density at radius 3 is 2.54 bits per heavy atom. The second kappa shape index (κ2) is 7.97. The highest BCUT2D eigenvalue weighted by Crippen LogP contribution is 2.08. The molecule has 2 aromatic carbocycles. The fourth-order valence-corrected chi connectivity index (χ4v) is 3.11. The molecule has 0 spiro atoms. The van der Waals surface area contributed by atoms with Gasteiger partial charge in [0, 0.05) is 5.56 Å². The van der Waals surface area contributed by atoms with Crippen molar-refractivity contribution in [3.8, 4) is 5.75 Å². The molecule has 0 unspecified atom stereocenters. The van der Waals surface area contributed by atoms with E-state index in [9.17, 15) is 4.79 Å². The zero-order valence-electron chi connectivity index (χ0n) is 14.2. The lowest BCUT2D eigenvalue weighted by Crippen LogP contribution is -3.13. The Morgan fingerprint density at radius 1 is 1.08 bits per heavy atom. The van der Waals surface area contributed by atoms with Crippen molar-refractivity contribution in [2.45, 2.75) is 13.5 Å². The Morgan fingerprint density at radius 2 is 1.83 bits per heavy atom. The van der Waals surface area contributed by atoms with E-state index >= 15 is 0 Å². The molecule has 4 nitrogen and oxygen atoms in total. The third-order valence-electron chi connectivity index (χ3n) is 4.47. The van der Waals surface area contributed by atoms with E-state index in [-0.39, 0.29) is 12.5 Å². The fraction of sp³-hybridized carbons (Fsp3) is 0.350. The molecule has 1 fully saturated rings. The Bertz CT molecular complexity index is 664. The molecule has 2 aromatic rings. The number of quaternary nitrogens is 1. The maximum absolute atomic E-state index is 12.3. The van der Waals surface area contributed by atoms with E-state index in [1.807, 2.05) is 35.2 Å². The number of nitrogens with one attached hydrogen (secondary N) is 1. The number of carbonyl (C=O) groups is 1. The van der Waals surface area contributed by atoms with Crippen LogP contribution in [0.15, 0.2) is 54.6 Å². The van der Waals surface area contributed by atoms with Gasteiger partial charge in [-0.05, 0) is 19.1 Å². The van der Waals surface area contributed by atoms with Gasteiger partial charge in [0.15, 0.2) is 6.61 Å². The van der Waals surface area contributed by atoms with Crippen LogP contribution in [0.2, 0.25) is 0 Å². The molecule has 1 amide bonds. The van der Waals surface area contributed by atoms with E-state index in [2.05, 4.69) is 31.2 Å². The lowest BCUT2D eigenvalue weighted by Gasteiger charge is -2.32. The van der Waals surface area contributed by atoms with Crippen molar-refractivity contribution in [1.29, 1.82) is 0 Å². The molecular weight excluding hydrogens is 300 g/mol. The molecule has 4 heteroatoms. The fourth-order valence-electron chi connectivity index (χ4n) is 3.11. The molecule has 126 valence electrons. The molecule has 0 aliphatic carbocycles. The van der Waals surface area contributed by atoms with E-state index in [4.69, 9.17) is 4.74 Å². The van der Waals surface area contributed by atoms with Crippen molar-refractivity contribution in [1.82, 2.24) is 4.90 Å². The van der Waals surface area contributed by atoms with Gasteiger partial charge >= 0.3 is 0 Å². The molecular formula is C20H25N2O2+. The van der Waals surface area contributed by atoms with Gasteiger partial charge in [-0.1, -0.05) is 48.0 Å². The number of amides is 1. The number of piperazine rings is 1. The zero-order chi connectivity index (χ0) is 16.8. The summed E-state index contributed by atoms with van der Waals surface area (Å²) in [7, 11) is 0. The van der Waals surface area contributed by atoms with Crippen LogP contribution in [0, 0.1) is 6.92 Å². The Hall–Kier alpha value is -2.33. The average molecular weight is 325 g/mol. The minimum atomic E-state index is 0.0773. The SMILES string of the molecule is Cc1cccc(C[NH+]2CCN(C(=O)COc3ccccc3)CC2)c1. The lowest BCUT2D eigenvalue weighted by atomic mass is 10.1. The summed E-state index contributed by atoms with van der Waals surface area (Å²) in [6.07, 6.45) is 0. The van der Waals surface area contributed by atoms with Crippen LogP contribution >= 0.6 is 0 Å². The van der Waals surface area contributed by atoms with Crippen LogP contribution in [0.3, 0.4) is 0 Å². The monoisotopic (exact) mass is 325 g/mol. The Balaban J connectivity index is 1.43. The molecule has 3 rings (SSSR count). The number of nitrogens with zero attached hydrogens (tertiary/aromatic N) is 1. The third-order valence-corrected chi connectivity index (χ3v) is 4.47. The predicted octanol–water partition coefficient (Wildman–Crippen LogP) is 1.30. The van der Waals surface area contributed by atoms with E-state index in [0.717, 1.165) is 38.5 Å². The van der Waals surface area contributed by atoms with E-state index < -0.39 is 0 Å². The van der Waals surface area contributed by atoms with Crippen molar-refractivity contribution < 1.29 is 14.4 Å². The molecule has 24 heavy (non-hydrogen) atoms. The van der Waals surface area contributed by atoms with Crippen LogP contribution in [0.1, 0.15) is 11.1 Å². The summed E-state index contributed by atoms with van der Waals surface area (Å²) in [4.78, 5) is 15.7. The van der Waals surface area contributed by atoms with Gasteiger partial charge in [-0.15, -0.1) is 0 Å². The largest absolute Gasteiger partial charge is 0.484 e. The molecule has 1 aliphatic rings. The van der Waals surface area contributed by atoms with Crippen molar-refractivity contribution in [2.75, 3.05) is 32.8 Å². The maximum Gasteiger partial charge on any atom is 0.260 e. The summed E-state index contributed by atoms with van der Waals surface area (Å²) in [5.74, 6) is 0.822. The average Bonchev–Trinajstić information content (AvgIpc) is 2.61. The second-order valence-corrected chi connectivity index (χ2v) is 6.40. The summed E-state index contributed by atoms with van der Waals surface area (Å²) < 4.78 is 5.56. The van der Waals surface area contributed by atoms with Crippen molar-refractivity contribution >= 4 is 5.91 Å². The first-order valence-electron chi connectivity index (χ1n) is 8.55. The van der Waals surface area contributed by atoms with E-state index in [1.165, 1.54) is 16.0 Å². The van der Waals surface area contributed by atoms with Crippen LogP contribution in [0.4, 0.5) is 0 Å². The summed E-state index contributed by atoms with van der Waals surface area (Å²) in [6, 6.07) is 18.2. The first-order valence-corrected chi connectivity index (χ1v) is 8.55. The van der Waals surface area contributed by atoms with E-state index in [1.54, 1.807) is 0 Å². The van der Waals surface area contributed by atoms with Gasteiger partial charge < -0.3 is 14.5 Å². The van der Waals surface area contributed by atoms with Crippen molar-refractivity contribution in [3.05, 3.63) is 65.7 Å². The highest BCUT2D eigenvalue weighted by atomic mass is 16.5. The number of carbonyl (C=O) groups excluding carboxylic acids is 1. The minimum Gasteiger partial charge on any atom is -0.484 e. The van der Waals surface area contributed by atoms with Crippen LogP contribution in [-0.4, -0.2) is 43.6 Å². The van der Waals surface area contributed by atoms with Gasteiger partial charge in [-0.3, -0.25) is 4.79 Å². The lowest BCUT2D eigenvalue weighted by molar-refractivity contribution is -0.917. The normalized spacial score (nSPS) is 15.3. The van der Waals surface area contributed by atoms with Gasteiger partial charge in [-0.25, -0.2) is 0 Å². The van der Waals surface area contributed by atoms with Gasteiger partial charge in [0.1, 0.15) is 12.3 Å². The number of ether oxygens (including phenoxy) is 1. The topological polar surface area (TPSA) is 34.0 Å². The van der Waals surface area contributed by atoms with E-state index in [0.29, 0.717) is 0 Å². The Kier molecular flexibility index (Phi) is 5.49. The predicted molar refractivity (Wildman–Crippen MR) is 94.1 cm³/mol. The van der Waals surface area contributed by atoms with Crippen LogP contribution < -0.4 is 9.64 Å².